The molecule has 0 spiro atoms. The number of ether oxygens (including phenoxy) is 2. The van der Waals surface area contributed by atoms with E-state index in [9.17, 15) is 14.7 Å². The number of nitrogens with zero attached hydrogens (tertiary/aromatic N) is 1. The maximum Gasteiger partial charge on any atom is 0.410 e. The fourth-order valence-corrected chi connectivity index (χ4v) is 1.85. The summed E-state index contributed by atoms with van der Waals surface area (Å²) in [5.74, 6) is -1.000. The van der Waals surface area contributed by atoms with E-state index >= 15 is 0 Å². The highest BCUT2D eigenvalue weighted by Gasteiger charge is 2.36. The second-order valence-electron chi connectivity index (χ2n) is 5.41. The molecule has 6 heteroatoms. The molecule has 1 aliphatic rings. The van der Waals surface area contributed by atoms with Gasteiger partial charge in [0.05, 0.1) is 25.7 Å². The predicted octanol–water partition coefficient (Wildman–Crippen LogP) is 0.777. The molecule has 1 saturated heterocycles. The van der Waals surface area contributed by atoms with E-state index in [1.54, 1.807) is 20.8 Å². The second kappa shape index (κ2) is 5.56. The monoisotopic (exact) mass is 259 g/mol. The molecule has 0 aromatic heterocycles. The summed E-state index contributed by atoms with van der Waals surface area (Å²) in [5, 5.41) is 9.84. The van der Waals surface area contributed by atoms with Crippen LogP contribution in [0.3, 0.4) is 0 Å². The first-order valence-electron chi connectivity index (χ1n) is 5.98. The molecule has 2 atom stereocenters. The van der Waals surface area contributed by atoms with Crippen molar-refractivity contribution < 1.29 is 24.2 Å². The summed E-state index contributed by atoms with van der Waals surface area (Å²) in [4.78, 5) is 24.6. The van der Waals surface area contributed by atoms with Gasteiger partial charge in [0.15, 0.2) is 0 Å². The number of rotatable bonds is 1. The van der Waals surface area contributed by atoms with Gasteiger partial charge in [0.25, 0.3) is 0 Å². The van der Waals surface area contributed by atoms with E-state index < -0.39 is 29.7 Å². The summed E-state index contributed by atoms with van der Waals surface area (Å²) in [5.41, 5.74) is -0.568. The highest BCUT2D eigenvalue weighted by Crippen LogP contribution is 2.21. The van der Waals surface area contributed by atoms with Gasteiger partial charge in [-0.05, 0) is 27.2 Å². The minimum atomic E-state index is -0.904. The number of amides is 1. The molecule has 1 rings (SSSR count). The van der Waals surface area contributed by atoms with Crippen LogP contribution in [0.2, 0.25) is 0 Å². The Hall–Kier alpha value is -1.30. The van der Waals surface area contributed by atoms with Crippen molar-refractivity contribution in [2.24, 2.45) is 5.92 Å². The number of hydrogen-bond acceptors (Lipinski definition) is 5. The van der Waals surface area contributed by atoms with Gasteiger partial charge in [-0.15, -0.1) is 0 Å². The van der Waals surface area contributed by atoms with Crippen molar-refractivity contribution in [2.75, 3.05) is 20.2 Å². The molecular formula is C12H21NO5. The Morgan fingerprint density at radius 2 is 1.94 bits per heavy atom. The Labute approximate surface area is 107 Å². The summed E-state index contributed by atoms with van der Waals surface area (Å²) < 4.78 is 9.81. The number of esters is 1. The first kappa shape index (κ1) is 14.8. The number of carbonyl (C=O) groups is 2. The van der Waals surface area contributed by atoms with Crippen LogP contribution in [-0.2, 0) is 14.3 Å². The summed E-state index contributed by atoms with van der Waals surface area (Å²) in [6.07, 6.45) is -0.990. The smallest absolute Gasteiger partial charge is 0.410 e. The zero-order chi connectivity index (χ0) is 13.9. The zero-order valence-corrected chi connectivity index (χ0v) is 11.3. The highest BCUT2D eigenvalue weighted by atomic mass is 16.6. The summed E-state index contributed by atoms with van der Waals surface area (Å²) >= 11 is 0. The van der Waals surface area contributed by atoms with Crippen LogP contribution in [0.15, 0.2) is 0 Å². The molecule has 0 aromatic carbocycles. The minimum absolute atomic E-state index is 0.0919. The molecule has 1 fully saturated rings. The van der Waals surface area contributed by atoms with Crippen LogP contribution >= 0.6 is 0 Å². The molecule has 1 N–H and O–H groups in total. The quantitative estimate of drug-likeness (QED) is 0.704. The number of likely N-dealkylation sites (tertiary alicyclic amines) is 1. The van der Waals surface area contributed by atoms with E-state index in [2.05, 4.69) is 4.74 Å². The number of β-amino-alcohol motifs (C(OH)–C–C–N with tert-alkyl or cyclic N) is 1. The fraction of sp³-hybridized carbons (Fsp3) is 0.833. The third-order valence-electron chi connectivity index (χ3n) is 2.74. The van der Waals surface area contributed by atoms with Crippen LogP contribution in [0.5, 0.6) is 0 Å². The highest BCUT2D eigenvalue weighted by molar-refractivity contribution is 5.74. The van der Waals surface area contributed by atoms with Gasteiger partial charge in [0, 0.05) is 6.54 Å². The van der Waals surface area contributed by atoms with Gasteiger partial charge in [0.1, 0.15) is 5.60 Å². The molecule has 0 radical (unpaired) electrons. The summed E-state index contributed by atoms with van der Waals surface area (Å²) in [6, 6.07) is 0. The second-order valence-corrected chi connectivity index (χ2v) is 5.41. The number of aliphatic hydroxyl groups is 1. The Balaban J connectivity index is 2.55. The van der Waals surface area contributed by atoms with E-state index in [4.69, 9.17) is 4.74 Å². The van der Waals surface area contributed by atoms with Crippen molar-refractivity contribution in [3.8, 4) is 0 Å². The molecule has 0 aliphatic carbocycles. The van der Waals surface area contributed by atoms with Gasteiger partial charge in [-0.1, -0.05) is 0 Å². The molecule has 6 nitrogen and oxygen atoms in total. The summed E-state index contributed by atoms with van der Waals surface area (Å²) in [6.45, 7) is 5.81. The van der Waals surface area contributed by atoms with Crippen LogP contribution in [-0.4, -0.2) is 54.0 Å². The number of aliphatic hydroxyl groups excluding tert-OH is 1. The standard InChI is InChI=1S/C12H21NO5/c1-12(2,3)18-11(16)13-6-5-8(9(14)7-13)10(15)17-4/h8-9,14H,5-7H2,1-4H3. The Morgan fingerprint density at radius 3 is 2.39 bits per heavy atom. The van der Waals surface area contributed by atoms with Crippen LogP contribution in [0.4, 0.5) is 4.79 Å². The maximum atomic E-state index is 11.8. The van der Waals surface area contributed by atoms with E-state index in [-0.39, 0.29) is 6.54 Å². The van der Waals surface area contributed by atoms with Crippen molar-refractivity contribution in [3.63, 3.8) is 0 Å². The molecule has 1 aliphatic heterocycles. The normalized spacial score (nSPS) is 24.6. The van der Waals surface area contributed by atoms with Crippen LogP contribution in [0.1, 0.15) is 27.2 Å². The Morgan fingerprint density at radius 1 is 1.33 bits per heavy atom. The predicted molar refractivity (Wildman–Crippen MR) is 63.9 cm³/mol. The van der Waals surface area contributed by atoms with Crippen molar-refractivity contribution >= 4 is 12.1 Å². The average molecular weight is 259 g/mol. The van der Waals surface area contributed by atoms with Gasteiger partial charge in [-0.3, -0.25) is 4.79 Å². The molecule has 18 heavy (non-hydrogen) atoms. The number of piperidine rings is 1. The van der Waals surface area contributed by atoms with Crippen LogP contribution in [0.25, 0.3) is 0 Å². The number of carbonyl (C=O) groups excluding carboxylic acids is 2. The Kier molecular flexibility index (Phi) is 4.56. The molecule has 0 bridgehead atoms. The molecule has 2 unspecified atom stereocenters. The lowest BCUT2D eigenvalue weighted by atomic mass is 9.94. The van der Waals surface area contributed by atoms with Crippen molar-refractivity contribution in [1.82, 2.24) is 4.90 Å². The van der Waals surface area contributed by atoms with Crippen LogP contribution < -0.4 is 0 Å². The van der Waals surface area contributed by atoms with Gasteiger partial charge in [-0.2, -0.15) is 0 Å². The van der Waals surface area contributed by atoms with Crippen molar-refractivity contribution in [2.45, 2.75) is 38.9 Å². The van der Waals surface area contributed by atoms with Gasteiger partial charge >= 0.3 is 12.1 Å². The van der Waals surface area contributed by atoms with E-state index in [0.29, 0.717) is 13.0 Å². The lowest BCUT2D eigenvalue weighted by molar-refractivity contribution is -0.152. The average Bonchev–Trinajstić information content (AvgIpc) is 2.25. The lowest BCUT2D eigenvalue weighted by Crippen LogP contribution is -2.50. The molecule has 104 valence electrons. The van der Waals surface area contributed by atoms with Crippen molar-refractivity contribution in [3.05, 3.63) is 0 Å². The Bertz CT molecular complexity index is 323. The minimum Gasteiger partial charge on any atom is -0.469 e. The first-order valence-corrected chi connectivity index (χ1v) is 5.98. The fourth-order valence-electron chi connectivity index (χ4n) is 1.85. The van der Waals surface area contributed by atoms with E-state index in [1.165, 1.54) is 12.0 Å². The number of methoxy groups -OCH3 is 1. The first-order chi connectivity index (χ1) is 8.24. The largest absolute Gasteiger partial charge is 0.469 e. The number of hydrogen-bond donors (Lipinski definition) is 1. The topological polar surface area (TPSA) is 76.1 Å². The van der Waals surface area contributed by atoms with E-state index in [1.807, 2.05) is 0 Å². The SMILES string of the molecule is COC(=O)C1CCN(C(=O)OC(C)(C)C)CC1O. The molecule has 0 aromatic rings. The molecule has 1 heterocycles. The molecule has 0 saturated carbocycles. The van der Waals surface area contributed by atoms with Crippen molar-refractivity contribution in [1.29, 1.82) is 0 Å². The molecular weight excluding hydrogens is 238 g/mol. The van der Waals surface area contributed by atoms with Gasteiger partial charge in [-0.25, -0.2) is 4.79 Å². The van der Waals surface area contributed by atoms with Crippen LogP contribution in [0, 0.1) is 5.92 Å². The maximum absolute atomic E-state index is 11.8. The molecule has 1 amide bonds. The lowest BCUT2D eigenvalue weighted by Gasteiger charge is -2.35. The summed E-state index contributed by atoms with van der Waals surface area (Å²) in [7, 11) is 1.29. The third kappa shape index (κ3) is 3.87. The van der Waals surface area contributed by atoms with E-state index in [0.717, 1.165) is 0 Å². The van der Waals surface area contributed by atoms with Gasteiger partial charge in [0.2, 0.25) is 0 Å². The van der Waals surface area contributed by atoms with Gasteiger partial charge < -0.3 is 19.5 Å². The zero-order valence-electron chi connectivity index (χ0n) is 11.3. The third-order valence-corrected chi connectivity index (χ3v) is 2.74.